The summed E-state index contributed by atoms with van der Waals surface area (Å²) in [6, 6.07) is 14.2. The van der Waals surface area contributed by atoms with Crippen LogP contribution in [0.25, 0.3) is 0 Å². The third-order valence-electron chi connectivity index (χ3n) is 5.27. The zero-order valence-corrected chi connectivity index (χ0v) is 17.8. The average molecular weight is 397 g/mol. The van der Waals surface area contributed by atoms with Crippen LogP contribution in [0.2, 0.25) is 0 Å². The standard InChI is InChI=1S/C24H32N2O3/c1-4-28-23-9-6-20(7-10-23)17-25-12-14-26(15-13-25)18-22-16-21(19(3)27)8-11-24(22)29-5-2/h6-11,16H,4-5,12-15,17-18H2,1-3H3. The molecule has 1 aliphatic rings. The highest BCUT2D eigenvalue weighted by atomic mass is 16.5. The Kier molecular flexibility index (Phi) is 7.67. The van der Waals surface area contributed by atoms with E-state index >= 15 is 0 Å². The molecular formula is C24H32N2O3. The van der Waals surface area contributed by atoms with Crippen LogP contribution in [-0.2, 0) is 13.1 Å². The van der Waals surface area contributed by atoms with Crippen LogP contribution in [0.1, 0.15) is 42.3 Å². The Hall–Kier alpha value is -2.37. The molecule has 0 amide bonds. The van der Waals surface area contributed by atoms with Gasteiger partial charge in [0.2, 0.25) is 0 Å². The number of hydrogen-bond acceptors (Lipinski definition) is 5. The summed E-state index contributed by atoms with van der Waals surface area (Å²) in [4.78, 5) is 16.7. The van der Waals surface area contributed by atoms with E-state index in [1.165, 1.54) is 5.56 Å². The molecule has 3 rings (SSSR count). The van der Waals surface area contributed by atoms with Crippen molar-refractivity contribution in [3.05, 3.63) is 59.2 Å². The molecule has 5 heteroatoms. The highest BCUT2D eigenvalue weighted by molar-refractivity contribution is 5.94. The summed E-state index contributed by atoms with van der Waals surface area (Å²) < 4.78 is 11.3. The Morgan fingerprint density at radius 1 is 0.862 bits per heavy atom. The maximum Gasteiger partial charge on any atom is 0.159 e. The van der Waals surface area contributed by atoms with Gasteiger partial charge in [-0.1, -0.05) is 12.1 Å². The van der Waals surface area contributed by atoms with Crippen molar-refractivity contribution in [2.75, 3.05) is 39.4 Å². The molecule has 29 heavy (non-hydrogen) atoms. The van der Waals surface area contributed by atoms with E-state index in [0.29, 0.717) is 13.2 Å². The minimum Gasteiger partial charge on any atom is -0.494 e. The molecule has 0 aromatic heterocycles. The smallest absolute Gasteiger partial charge is 0.159 e. The van der Waals surface area contributed by atoms with Gasteiger partial charge in [-0.05, 0) is 56.7 Å². The van der Waals surface area contributed by atoms with Gasteiger partial charge in [0, 0.05) is 50.4 Å². The molecule has 1 saturated heterocycles. The predicted molar refractivity (Wildman–Crippen MR) is 116 cm³/mol. The molecule has 0 radical (unpaired) electrons. The van der Waals surface area contributed by atoms with E-state index in [1.807, 2.05) is 44.2 Å². The SMILES string of the molecule is CCOc1ccc(CN2CCN(Cc3cc(C(C)=O)ccc3OCC)CC2)cc1. The molecule has 156 valence electrons. The molecule has 1 aliphatic heterocycles. The number of carbonyl (C=O) groups is 1. The highest BCUT2D eigenvalue weighted by Gasteiger charge is 2.19. The molecule has 0 unspecified atom stereocenters. The van der Waals surface area contributed by atoms with Gasteiger partial charge in [0.1, 0.15) is 11.5 Å². The van der Waals surface area contributed by atoms with Crippen molar-refractivity contribution in [1.29, 1.82) is 0 Å². The summed E-state index contributed by atoms with van der Waals surface area (Å²) in [5, 5.41) is 0. The van der Waals surface area contributed by atoms with E-state index in [1.54, 1.807) is 6.92 Å². The fraction of sp³-hybridized carbons (Fsp3) is 0.458. The lowest BCUT2D eigenvalue weighted by molar-refractivity contribution is 0.101. The number of ether oxygens (including phenoxy) is 2. The zero-order valence-electron chi connectivity index (χ0n) is 17.8. The summed E-state index contributed by atoms with van der Waals surface area (Å²) in [5.41, 5.74) is 3.16. The van der Waals surface area contributed by atoms with Crippen molar-refractivity contribution in [1.82, 2.24) is 9.80 Å². The quantitative estimate of drug-likeness (QED) is 0.599. The van der Waals surface area contributed by atoms with E-state index in [0.717, 1.165) is 61.9 Å². The van der Waals surface area contributed by atoms with Crippen LogP contribution in [0.4, 0.5) is 0 Å². The Bertz CT molecular complexity index is 796. The summed E-state index contributed by atoms with van der Waals surface area (Å²) in [5.74, 6) is 1.91. The van der Waals surface area contributed by atoms with E-state index in [4.69, 9.17) is 9.47 Å². The largest absolute Gasteiger partial charge is 0.494 e. The normalized spacial score (nSPS) is 15.3. The van der Waals surface area contributed by atoms with Gasteiger partial charge < -0.3 is 9.47 Å². The minimum atomic E-state index is 0.0921. The lowest BCUT2D eigenvalue weighted by atomic mass is 10.1. The van der Waals surface area contributed by atoms with Crippen molar-refractivity contribution in [2.45, 2.75) is 33.9 Å². The first kappa shape index (κ1) is 21.3. The molecule has 2 aromatic rings. The molecule has 2 aromatic carbocycles. The number of ketones is 1. The maximum atomic E-state index is 11.8. The average Bonchev–Trinajstić information content (AvgIpc) is 2.72. The summed E-state index contributed by atoms with van der Waals surface area (Å²) in [7, 11) is 0. The third-order valence-corrected chi connectivity index (χ3v) is 5.27. The lowest BCUT2D eigenvalue weighted by Crippen LogP contribution is -2.45. The van der Waals surface area contributed by atoms with Gasteiger partial charge in [-0.2, -0.15) is 0 Å². The molecule has 0 aliphatic carbocycles. The fourth-order valence-corrected chi connectivity index (χ4v) is 3.68. The third kappa shape index (κ3) is 6.05. The van der Waals surface area contributed by atoms with E-state index in [2.05, 4.69) is 21.9 Å². The fourth-order valence-electron chi connectivity index (χ4n) is 3.68. The minimum absolute atomic E-state index is 0.0921. The summed E-state index contributed by atoms with van der Waals surface area (Å²) in [6.07, 6.45) is 0. The molecular weight excluding hydrogens is 364 g/mol. The van der Waals surface area contributed by atoms with Crippen LogP contribution in [0.5, 0.6) is 11.5 Å². The Morgan fingerprint density at radius 2 is 1.48 bits per heavy atom. The second-order valence-electron chi connectivity index (χ2n) is 7.44. The second kappa shape index (κ2) is 10.4. The molecule has 0 atom stereocenters. The van der Waals surface area contributed by atoms with Gasteiger partial charge >= 0.3 is 0 Å². The van der Waals surface area contributed by atoms with Crippen LogP contribution in [0.3, 0.4) is 0 Å². The summed E-state index contributed by atoms with van der Waals surface area (Å²) >= 11 is 0. The molecule has 0 saturated carbocycles. The van der Waals surface area contributed by atoms with Crippen LogP contribution in [-0.4, -0.2) is 55.0 Å². The van der Waals surface area contributed by atoms with Crippen molar-refractivity contribution in [2.24, 2.45) is 0 Å². The molecule has 0 bridgehead atoms. The van der Waals surface area contributed by atoms with E-state index < -0.39 is 0 Å². The van der Waals surface area contributed by atoms with Crippen LogP contribution in [0, 0.1) is 0 Å². The van der Waals surface area contributed by atoms with Gasteiger partial charge in [-0.3, -0.25) is 14.6 Å². The highest BCUT2D eigenvalue weighted by Crippen LogP contribution is 2.23. The van der Waals surface area contributed by atoms with Crippen molar-refractivity contribution < 1.29 is 14.3 Å². The first-order valence-electron chi connectivity index (χ1n) is 10.5. The van der Waals surface area contributed by atoms with Crippen molar-refractivity contribution in [3.63, 3.8) is 0 Å². The molecule has 5 nitrogen and oxygen atoms in total. The van der Waals surface area contributed by atoms with Gasteiger partial charge in [-0.25, -0.2) is 0 Å². The van der Waals surface area contributed by atoms with Gasteiger partial charge in [0.15, 0.2) is 5.78 Å². The number of Topliss-reactive ketones (excluding diaryl/α,β-unsaturated/α-hetero) is 1. The van der Waals surface area contributed by atoms with Crippen LogP contribution >= 0.6 is 0 Å². The number of piperazine rings is 1. The molecule has 1 fully saturated rings. The lowest BCUT2D eigenvalue weighted by Gasteiger charge is -2.35. The number of rotatable bonds is 9. The number of nitrogens with zero attached hydrogens (tertiary/aromatic N) is 2. The number of benzene rings is 2. The Labute approximate surface area is 174 Å². The van der Waals surface area contributed by atoms with Gasteiger partial charge in [-0.15, -0.1) is 0 Å². The van der Waals surface area contributed by atoms with Crippen LogP contribution in [0.15, 0.2) is 42.5 Å². The summed E-state index contributed by atoms with van der Waals surface area (Å²) in [6.45, 7) is 12.8. The van der Waals surface area contributed by atoms with Crippen LogP contribution < -0.4 is 9.47 Å². The zero-order chi connectivity index (χ0) is 20.6. The van der Waals surface area contributed by atoms with Crippen molar-refractivity contribution in [3.8, 4) is 11.5 Å². The van der Waals surface area contributed by atoms with Crippen molar-refractivity contribution >= 4 is 5.78 Å². The van der Waals surface area contributed by atoms with E-state index in [9.17, 15) is 4.79 Å². The second-order valence-corrected chi connectivity index (χ2v) is 7.44. The first-order chi connectivity index (χ1) is 14.1. The Morgan fingerprint density at radius 3 is 2.07 bits per heavy atom. The van der Waals surface area contributed by atoms with E-state index in [-0.39, 0.29) is 5.78 Å². The molecule has 0 spiro atoms. The topological polar surface area (TPSA) is 42.0 Å². The van der Waals surface area contributed by atoms with Gasteiger partial charge in [0.05, 0.1) is 13.2 Å². The maximum absolute atomic E-state index is 11.8. The molecule has 1 heterocycles. The number of hydrogen-bond donors (Lipinski definition) is 0. The van der Waals surface area contributed by atoms with Gasteiger partial charge in [0.25, 0.3) is 0 Å². The predicted octanol–water partition coefficient (Wildman–Crippen LogP) is 4.00. The Balaban J connectivity index is 1.55. The molecule has 0 N–H and O–H groups in total. The monoisotopic (exact) mass is 396 g/mol. The first-order valence-corrected chi connectivity index (χ1v) is 10.5. The number of carbonyl (C=O) groups excluding carboxylic acids is 1.